The van der Waals surface area contributed by atoms with Crippen molar-refractivity contribution in [2.75, 3.05) is 19.6 Å². The third-order valence-electron chi connectivity index (χ3n) is 4.30. The first-order valence-electron chi connectivity index (χ1n) is 8.31. The third kappa shape index (κ3) is 4.19. The monoisotopic (exact) mass is 325 g/mol. The van der Waals surface area contributed by atoms with E-state index in [-0.39, 0.29) is 12.5 Å². The van der Waals surface area contributed by atoms with E-state index < -0.39 is 6.10 Å². The van der Waals surface area contributed by atoms with Gasteiger partial charge in [0.1, 0.15) is 5.69 Å². The van der Waals surface area contributed by atoms with E-state index in [0.717, 1.165) is 25.2 Å². The molecule has 1 aromatic carbocycles. The number of carbonyl (C=O) groups is 1. The van der Waals surface area contributed by atoms with Crippen molar-refractivity contribution < 1.29 is 9.90 Å². The highest BCUT2D eigenvalue weighted by molar-refractivity contribution is 5.92. The second-order valence-corrected chi connectivity index (χ2v) is 6.28. The number of benzene rings is 1. The molecule has 2 aromatic rings. The van der Waals surface area contributed by atoms with Crippen LogP contribution in [0.3, 0.4) is 0 Å². The Kier molecular flexibility index (Phi) is 5.23. The predicted molar refractivity (Wildman–Crippen MR) is 92.7 cm³/mol. The van der Waals surface area contributed by atoms with Crippen LogP contribution in [0.2, 0.25) is 0 Å². The summed E-state index contributed by atoms with van der Waals surface area (Å²) in [7, 11) is 0. The SMILES string of the molecule is Cc1cccc(C(=O)NCC(O)CN2CCc3ccccc3C2)n1. The highest BCUT2D eigenvalue weighted by atomic mass is 16.3. The molecular formula is C19H23N3O2. The summed E-state index contributed by atoms with van der Waals surface area (Å²) in [6.07, 6.45) is 0.409. The number of nitrogens with zero attached hydrogens (tertiary/aromatic N) is 2. The standard InChI is InChI=1S/C19H23N3O2/c1-14-5-4-8-18(21-14)19(24)20-11-17(23)13-22-10-9-15-6-2-3-7-16(15)12-22/h2-8,17,23H,9-13H2,1H3,(H,20,24). The van der Waals surface area contributed by atoms with Crippen LogP contribution in [0.25, 0.3) is 0 Å². The fourth-order valence-corrected chi connectivity index (χ4v) is 3.04. The molecule has 2 N–H and O–H groups in total. The number of aliphatic hydroxyl groups is 1. The Morgan fingerprint density at radius 1 is 1.25 bits per heavy atom. The van der Waals surface area contributed by atoms with Gasteiger partial charge in [-0.3, -0.25) is 9.69 Å². The third-order valence-corrected chi connectivity index (χ3v) is 4.30. The number of rotatable bonds is 5. The van der Waals surface area contributed by atoms with Crippen LogP contribution < -0.4 is 5.32 Å². The molecule has 1 aliphatic heterocycles. The summed E-state index contributed by atoms with van der Waals surface area (Å²) in [6, 6.07) is 13.7. The van der Waals surface area contributed by atoms with Gasteiger partial charge in [0.05, 0.1) is 6.10 Å². The summed E-state index contributed by atoms with van der Waals surface area (Å²) in [6.45, 7) is 4.41. The van der Waals surface area contributed by atoms with Gasteiger partial charge in [0.25, 0.3) is 5.91 Å². The van der Waals surface area contributed by atoms with E-state index >= 15 is 0 Å². The van der Waals surface area contributed by atoms with Gasteiger partial charge >= 0.3 is 0 Å². The average molecular weight is 325 g/mol. The van der Waals surface area contributed by atoms with Crippen molar-refractivity contribution in [3.8, 4) is 0 Å². The molecule has 0 spiro atoms. The molecule has 0 radical (unpaired) electrons. The minimum atomic E-state index is -0.593. The maximum Gasteiger partial charge on any atom is 0.269 e. The van der Waals surface area contributed by atoms with E-state index in [1.807, 2.05) is 19.1 Å². The normalized spacial score (nSPS) is 15.6. The van der Waals surface area contributed by atoms with E-state index in [4.69, 9.17) is 0 Å². The number of β-amino-alcohol motifs (C(OH)–C–C–N with tert-alkyl or cyclic N) is 1. The maximum atomic E-state index is 12.1. The highest BCUT2D eigenvalue weighted by Gasteiger charge is 2.19. The molecule has 1 aliphatic rings. The Balaban J connectivity index is 1.48. The van der Waals surface area contributed by atoms with E-state index in [1.54, 1.807) is 12.1 Å². The molecule has 0 fully saturated rings. The summed E-state index contributed by atoms with van der Waals surface area (Å²) in [4.78, 5) is 18.5. The van der Waals surface area contributed by atoms with Crippen molar-refractivity contribution in [3.05, 3.63) is 65.0 Å². The molecule has 3 rings (SSSR count). The lowest BCUT2D eigenvalue weighted by atomic mass is 10.00. The van der Waals surface area contributed by atoms with Gasteiger partial charge in [0.15, 0.2) is 0 Å². The quantitative estimate of drug-likeness (QED) is 0.875. The van der Waals surface area contributed by atoms with Crippen LogP contribution >= 0.6 is 0 Å². The van der Waals surface area contributed by atoms with Gasteiger partial charge in [-0.15, -0.1) is 0 Å². The zero-order chi connectivity index (χ0) is 16.9. The Bertz CT molecular complexity index is 717. The topological polar surface area (TPSA) is 65.5 Å². The molecule has 126 valence electrons. The second kappa shape index (κ2) is 7.55. The first kappa shape index (κ1) is 16.6. The highest BCUT2D eigenvalue weighted by Crippen LogP contribution is 2.18. The average Bonchev–Trinajstić information content (AvgIpc) is 2.59. The van der Waals surface area contributed by atoms with Gasteiger partial charge in [-0.1, -0.05) is 30.3 Å². The Morgan fingerprint density at radius 3 is 2.83 bits per heavy atom. The van der Waals surface area contributed by atoms with Crippen molar-refractivity contribution >= 4 is 5.91 Å². The number of carbonyl (C=O) groups excluding carboxylic acids is 1. The van der Waals surface area contributed by atoms with Crippen molar-refractivity contribution in [2.45, 2.75) is 26.0 Å². The van der Waals surface area contributed by atoms with Crippen LogP contribution in [-0.4, -0.2) is 46.6 Å². The van der Waals surface area contributed by atoms with Crippen LogP contribution in [0, 0.1) is 6.92 Å². The maximum absolute atomic E-state index is 12.1. The number of aryl methyl sites for hydroxylation is 1. The van der Waals surface area contributed by atoms with E-state index in [0.29, 0.717) is 12.2 Å². The van der Waals surface area contributed by atoms with Crippen LogP contribution in [-0.2, 0) is 13.0 Å². The molecule has 0 aliphatic carbocycles. The fraction of sp³-hybridized carbons (Fsp3) is 0.368. The van der Waals surface area contributed by atoms with Gasteiger partial charge in [0.2, 0.25) is 0 Å². The minimum Gasteiger partial charge on any atom is -0.390 e. The van der Waals surface area contributed by atoms with Crippen molar-refractivity contribution in [2.24, 2.45) is 0 Å². The van der Waals surface area contributed by atoms with Gasteiger partial charge in [-0.25, -0.2) is 4.98 Å². The lowest BCUT2D eigenvalue weighted by Crippen LogP contribution is -2.42. The van der Waals surface area contributed by atoms with E-state index in [1.165, 1.54) is 11.1 Å². The molecule has 24 heavy (non-hydrogen) atoms. The molecule has 5 heteroatoms. The first-order valence-corrected chi connectivity index (χ1v) is 8.31. The Labute approximate surface area is 142 Å². The fourth-order valence-electron chi connectivity index (χ4n) is 3.04. The molecule has 0 bridgehead atoms. The minimum absolute atomic E-state index is 0.229. The summed E-state index contributed by atoms with van der Waals surface area (Å²) in [5.41, 5.74) is 3.90. The van der Waals surface area contributed by atoms with Crippen molar-refractivity contribution in [1.82, 2.24) is 15.2 Å². The molecule has 1 atom stereocenters. The molecule has 5 nitrogen and oxygen atoms in total. The number of pyridine rings is 1. The van der Waals surface area contributed by atoms with Crippen LogP contribution in [0.5, 0.6) is 0 Å². The van der Waals surface area contributed by atoms with Gasteiger partial charge in [-0.05, 0) is 36.6 Å². The summed E-state index contributed by atoms with van der Waals surface area (Å²) in [5.74, 6) is -0.248. The number of amides is 1. The zero-order valence-electron chi connectivity index (χ0n) is 13.9. The molecule has 1 aromatic heterocycles. The molecule has 0 saturated carbocycles. The number of fused-ring (bicyclic) bond motifs is 1. The number of aliphatic hydroxyl groups excluding tert-OH is 1. The van der Waals surface area contributed by atoms with E-state index in [9.17, 15) is 9.90 Å². The number of nitrogens with one attached hydrogen (secondary N) is 1. The number of aromatic nitrogens is 1. The smallest absolute Gasteiger partial charge is 0.269 e. The van der Waals surface area contributed by atoms with Crippen LogP contribution in [0.4, 0.5) is 0 Å². The van der Waals surface area contributed by atoms with Crippen LogP contribution in [0.15, 0.2) is 42.5 Å². The molecule has 0 saturated heterocycles. The van der Waals surface area contributed by atoms with Gasteiger partial charge < -0.3 is 10.4 Å². The van der Waals surface area contributed by atoms with Crippen LogP contribution in [0.1, 0.15) is 27.3 Å². The Hall–Kier alpha value is -2.24. The lowest BCUT2D eigenvalue weighted by molar-refractivity contribution is 0.0838. The van der Waals surface area contributed by atoms with E-state index in [2.05, 4.69) is 33.4 Å². The van der Waals surface area contributed by atoms with Crippen molar-refractivity contribution in [3.63, 3.8) is 0 Å². The molecular weight excluding hydrogens is 302 g/mol. The van der Waals surface area contributed by atoms with Crippen molar-refractivity contribution in [1.29, 1.82) is 0 Å². The number of hydrogen-bond acceptors (Lipinski definition) is 4. The van der Waals surface area contributed by atoms with Gasteiger partial charge in [-0.2, -0.15) is 0 Å². The lowest BCUT2D eigenvalue weighted by Gasteiger charge is -2.30. The van der Waals surface area contributed by atoms with Gasteiger partial charge in [0, 0.05) is 31.9 Å². The molecule has 1 amide bonds. The zero-order valence-corrected chi connectivity index (χ0v) is 13.9. The Morgan fingerprint density at radius 2 is 2.04 bits per heavy atom. The second-order valence-electron chi connectivity index (χ2n) is 6.28. The summed E-state index contributed by atoms with van der Waals surface area (Å²) in [5, 5.41) is 13.0. The predicted octanol–water partition coefficient (Wildman–Crippen LogP) is 1.54. The summed E-state index contributed by atoms with van der Waals surface area (Å²) < 4.78 is 0. The molecule has 2 heterocycles. The molecule has 1 unspecified atom stereocenters. The first-order chi connectivity index (χ1) is 11.6. The summed E-state index contributed by atoms with van der Waals surface area (Å²) >= 11 is 0. The largest absolute Gasteiger partial charge is 0.390 e. The number of hydrogen-bond donors (Lipinski definition) is 2.